The van der Waals surface area contributed by atoms with E-state index in [9.17, 15) is 4.79 Å². The first-order valence-electron chi connectivity index (χ1n) is 7.33. The summed E-state index contributed by atoms with van der Waals surface area (Å²) in [5.74, 6) is 0. The molecule has 22 heavy (non-hydrogen) atoms. The van der Waals surface area contributed by atoms with E-state index >= 15 is 0 Å². The van der Waals surface area contributed by atoms with E-state index in [1.165, 1.54) is 18.2 Å². The minimum Gasteiger partial charge on any atom is -0.453 e. The molecule has 2 N–H and O–H groups in total. The summed E-state index contributed by atoms with van der Waals surface area (Å²) in [5, 5.41) is 6.15. The summed E-state index contributed by atoms with van der Waals surface area (Å²) >= 11 is 0. The molecular formula is C18H22N2O2. The molecule has 0 aliphatic carbocycles. The van der Waals surface area contributed by atoms with Crippen LogP contribution in [-0.2, 0) is 11.3 Å². The second-order valence-corrected chi connectivity index (χ2v) is 5.27. The van der Waals surface area contributed by atoms with Gasteiger partial charge < -0.3 is 10.1 Å². The first-order valence-corrected chi connectivity index (χ1v) is 7.33. The highest BCUT2D eigenvalue weighted by Crippen LogP contribution is 2.17. The highest BCUT2D eigenvalue weighted by Gasteiger charge is 2.07. The van der Waals surface area contributed by atoms with Crippen LogP contribution in [0.5, 0.6) is 0 Å². The predicted molar refractivity (Wildman–Crippen MR) is 88.9 cm³/mol. The van der Waals surface area contributed by atoms with Crippen LogP contribution in [0.4, 0.5) is 10.5 Å². The number of methoxy groups -OCH3 is 1. The Bertz CT molecular complexity index is 623. The van der Waals surface area contributed by atoms with Crippen LogP contribution in [0.25, 0.3) is 0 Å². The lowest BCUT2D eigenvalue weighted by atomic mass is 10.0. The molecule has 0 saturated heterocycles. The number of hydrogen-bond acceptors (Lipinski definition) is 3. The fourth-order valence-electron chi connectivity index (χ4n) is 2.33. The van der Waals surface area contributed by atoms with Crippen molar-refractivity contribution >= 4 is 11.8 Å². The fourth-order valence-corrected chi connectivity index (χ4v) is 2.33. The van der Waals surface area contributed by atoms with Crippen molar-refractivity contribution in [1.29, 1.82) is 0 Å². The quantitative estimate of drug-likeness (QED) is 0.876. The van der Waals surface area contributed by atoms with Crippen molar-refractivity contribution < 1.29 is 9.53 Å². The van der Waals surface area contributed by atoms with Gasteiger partial charge in [0.1, 0.15) is 0 Å². The van der Waals surface area contributed by atoms with Crippen LogP contribution in [-0.4, -0.2) is 13.2 Å². The van der Waals surface area contributed by atoms with Gasteiger partial charge in [-0.1, -0.05) is 36.4 Å². The molecule has 0 saturated carbocycles. The molecule has 0 fully saturated rings. The third kappa shape index (κ3) is 4.33. The molecule has 0 heterocycles. The van der Waals surface area contributed by atoms with Crippen LogP contribution in [0.15, 0.2) is 48.5 Å². The minimum absolute atomic E-state index is 0.286. The van der Waals surface area contributed by atoms with Crippen molar-refractivity contribution in [2.45, 2.75) is 26.4 Å². The van der Waals surface area contributed by atoms with E-state index in [-0.39, 0.29) is 6.04 Å². The number of rotatable bonds is 5. The van der Waals surface area contributed by atoms with Crippen molar-refractivity contribution in [1.82, 2.24) is 5.32 Å². The molecule has 2 rings (SSSR count). The Labute approximate surface area is 131 Å². The number of carbonyl (C=O) groups excluding carboxylic acids is 1. The summed E-state index contributed by atoms with van der Waals surface area (Å²) in [5.41, 5.74) is 4.49. The highest BCUT2D eigenvalue weighted by molar-refractivity contribution is 5.84. The zero-order valence-corrected chi connectivity index (χ0v) is 13.2. The average molecular weight is 298 g/mol. The number of aryl methyl sites for hydroxylation is 1. The lowest BCUT2D eigenvalue weighted by molar-refractivity contribution is 0.187. The molecule has 0 bridgehead atoms. The summed E-state index contributed by atoms with van der Waals surface area (Å²) < 4.78 is 4.56. The fraction of sp³-hybridized carbons (Fsp3) is 0.278. The predicted octanol–water partition coefficient (Wildman–Crippen LogP) is 4.02. The Morgan fingerprint density at radius 1 is 1.14 bits per heavy atom. The molecule has 1 atom stereocenters. The number of nitrogens with one attached hydrogen (secondary N) is 2. The Morgan fingerprint density at radius 3 is 2.45 bits per heavy atom. The topological polar surface area (TPSA) is 50.4 Å². The van der Waals surface area contributed by atoms with E-state index in [0.29, 0.717) is 0 Å². The number of hydrogen-bond donors (Lipinski definition) is 2. The molecule has 4 heteroatoms. The molecule has 2 aromatic carbocycles. The van der Waals surface area contributed by atoms with Gasteiger partial charge in [0, 0.05) is 18.3 Å². The molecule has 1 amide bonds. The number of amides is 1. The molecule has 4 nitrogen and oxygen atoms in total. The van der Waals surface area contributed by atoms with Gasteiger partial charge >= 0.3 is 6.09 Å². The van der Waals surface area contributed by atoms with Gasteiger partial charge in [-0.3, -0.25) is 5.32 Å². The summed E-state index contributed by atoms with van der Waals surface area (Å²) in [6.07, 6.45) is -0.459. The monoisotopic (exact) mass is 298 g/mol. The van der Waals surface area contributed by atoms with Crippen LogP contribution >= 0.6 is 0 Å². The molecule has 0 spiro atoms. The first kappa shape index (κ1) is 16.0. The normalized spacial score (nSPS) is 11.8. The number of carbonyl (C=O) groups is 1. The molecular weight excluding hydrogens is 276 g/mol. The van der Waals surface area contributed by atoms with Crippen LogP contribution in [0.3, 0.4) is 0 Å². The zero-order valence-electron chi connectivity index (χ0n) is 13.2. The van der Waals surface area contributed by atoms with E-state index in [1.54, 1.807) is 0 Å². The summed E-state index contributed by atoms with van der Waals surface area (Å²) in [6, 6.07) is 16.4. The van der Waals surface area contributed by atoms with Crippen molar-refractivity contribution in [2.75, 3.05) is 12.4 Å². The molecule has 0 aliphatic rings. The highest BCUT2D eigenvalue weighted by atomic mass is 16.5. The lowest BCUT2D eigenvalue weighted by Gasteiger charge is -2.16. The second kappa shape index (κ2) is 7.61. The maximum atomic E-state index is 11.1. The maximum absolute atomic E-state index is 11.1. The van der Waals surface area contributed by atoms with Gasteiger partial charge in [-0.25, -0.2) is 4.79 Å². The van der Waals surface area contributed by atoms with Crippen molar-refractivity contribution in [2.24, 2.45) is 0 Å². The summed E-state index contributed by atoms with van der Waals surface area (Å²) in [7, 11) is 1.35. The molecule has 0 aliphatic heterocycles. The lowest BCUT2D eigenvalue weighted by Crippen LogP contribution is -2.19. The third-order valence-electron chi connectivity index (χ3n) is 3.65. The van der Waals surface area contributed by atoms with Gasteiger partial charge in [-0.15, -0.1) is 0 Å². The van der Waals surface area contributed by atoms with Crippen molar-refractivity contribution in [3.63, 3.8) is 0 Å². The number of benzene rings is 2. The van der Waals surface area contributed by atoms with Crippen LogP contribution < -0.4 is 10.6 Å². The molecule has 1 unspecified atom stereocenters. The average Bonchev–Trinajstić information content (AvgIpc) is 2.54. The van der Waals surface area contributed by atoms with Crippen LogP contribution in [0, 0.1) is 6.92 Å². The molecule has 2 aromatic rings. The summed E-state index contributed by atoms with van der Waals surface area (Å²) in [6.45, 7) is 5.06. The van der Waals surface area contributed by atoms with Gasteiger partial charge in [0.2, 0.25) is 0 Å². The van der Waals surface area contributed by atoms with Crippen LogP contribution in [0.1, 0.15) is 29.7 Å². The maximum Gasteiger partial charge on any atom is 0.411 e. The zero-order chi connectivity index (χ0) is 15.9. The minimum atomic E-state index is -0.459. The van der Waals surface area contributed by atoms with E-state index in [0.717, 1.165) is 17.8 Å². The Hall–Kier alpha value is -2.33. The SMILES string of the molecule is COC(=O)Nc1ccc(CNC(C)c2ccccc2C)cc1. The molecule has 116 valence electrons. The van der Waals surface area contributed by atoms with Crippen molar-refractivity contribution in [3.05, 3.63) is 65.2 Å². The smallest absolute Gasteiger partial charge is 0.411 e. The summed E-state index contributed by atoms with van der Waals surface area (Å²) in [4.78, 5) is 11.1. The van der Waals surface area contributed by atoms with Gasteiger partial charge in [0.25, 0.3) is 0 Å². The standard InChI is InChI=1S/C18H22N2O2/c1-13-6-4-5-7-17(13)14(2)19-12-15-8-10-16(11-9-15)20-18(21)22-3/h4-11,14,19H,12H2,1-3H3,(H,20,21). The van der Waals surface area contributed by atoms with Gasteiger partial charge in [0.15, 0.2) is 0 Å². The Balaban J connectivity index is 1.92. The third-order valence-corrected chi connectivity index (χ3v) is 3.65. The van der Waals surface area contributed by atoms with Crippen molar-refractivity contribution in [3.8, 4) is 0 Å². The number of ether oxygens (including phenoxy) is 1. The largest absolute Gasteiger partial charge is 0.453 e. The Morgan fingerprint density at radius 2 is 1.82 bits per heavy atom. The molecule has 0 radical (unpaired) electrons. The second-order valence-electron chi connectivity index (χ2n) is 5.27. The van der Waals surface area contributed by atoms with E-state index in [4.69, 9.17) is 0 Å². The van der Waals surface area contributed by atoms with E-state index in [2.05, 4.69) is 53.5 Å². The van der Waals surface area contributed by atoms with E-state index < -0.39 is 6.09 Å². The van der Waals surface area contributed by atoms with Crippen LogP contribution in [0.2, 0.25) is 0 Å². The molecule has 0 aromatic heterocycles. The first-order chi connectivity index (χ1) is 10.6. The Kier molecular flexibility index (Phi) is 5.55. The van der Waals surface area contributed by atoms with E-state index in [1.807, 2.05) is 24.3 Å². The van der Waals surface area contributed by atoms with Gasteiger partial charge in [-0.2, -0.15) is 0 Å². The van der Waals surface area contributed by atoms with Gasteiger partial charge in [0.05, 0.1) is 7.11 Å². The van der Waals surface area contributed by atoms with Gasteiger partial charge in [-0.05, 0) is 42.7 Å². The number of anilines is 1.